The highest BCUT2D eigenvalue weighted by molar-refractivity contribution is 7.90. The van der Waals surface area contributed by atoms with Crippen LogP contribution in [-0.2, 0) is 19.4 Å². The number of rotatable bonds is 6. The monoisotopic (exact) mass is 514 g/mol. The van der Waals surface area contributed by atoms with Gasteiger partial charge < -0.3 is 14.5 Å². The van der Waals surface area contributed by atoms with Crippen molar-refractivity contribution in [2.45, 2.75) is 24.3 Å². The zero-order valence-corrected chi connectivity index (χ0v) is 21.1. The van der Waals surface area contributed by atoms with Crippen LogP contribution in [0.3, 0.4) is 0 Å². The van der Waals surface area contributed by atoms with Gasteiger partial charge in [-0.2, -0.15) is 0 Å². The number of pyridine rings is 1. The molecule has 3 aromatic rings. The second kappa shape index (κ2) is 10.5. The van der Waals surface area contributed by atoms with Crippen molar-refractivity contribution in [1.82, 2.24) is 19.8 Å². The van der Waals surface area contributed by atoms with Gasteiger partial charge in [-0.05, 0) is 36.8 Å². The van der Waals surface area contributed by atoms with Crippen LogP contribution < -0.4 is 4.74 Å². The quantitative estimate of drug-likeness (QED) is 0.497. The molecule has 1 fully saturated rings. The summed E-state index contributed by atoms with van der Waals surface area (Å²) in [6.45, 7) is 2.55. The molecule has 1 aliphatic heterocycles. The van der Waals surface area contributed by atoms with E-state index in [1.165, 1.54) is 30.4 Å². The molecule has 0 aliphatic carbocycles. The number of carbonyl (C=O) groups excluding carboxylic acids is 2. The summed E-state index contributed by atoms with van der Waals surface area (Å²) in [5.41, 5.74) is 1.75. The maximum absolute atomic E-state index is 13.3. The van der Waals surface area contributed by atoms with Gasteiger partial charge in [0.05, 0.1) is 16.6 Å². The highest BCUT2D eigenvalue weighted by Gasteiger charge is 2.32. The van der Waals surface area contributed by atoms with E-state index >= 15 is 0 Å². The predicted octanol–water partition coefficient (Wildman–Crippen LogP) is 2.81. The third-order valence-corrected chi connectivity index (χ3v) is 7.86. The van der Waals surface area contributed by atoms with Gasteiger partial charge in [0.25, 0.3) is 5.91 Å². The van der Waals surface area contributed by atoms with Crippen molar-refractivity contribution in [3.63, 3.8) is 0 Å². The average Bonchev–Trinajstić information content (AvgIpc) is 3.22. The number of sulfone groups is 1. The molecule has 0 spiro atoms. The van der Waals surface area contributed by atoms with E-state index < -0.39 is 9.84 Å². The third-order valence-electron chi connectivity index (χ3n) is 5.80. The minimum absolute atomic E-state index is 0.0384. The Morgan fingerprint density at radius 2 is 1.91 bits per heavy atom. The topological polar surface area (TPSA) is 110 Å². The molecule has 3 heterocycles. The van der Waals surface area contributed by atoms with Gasteiger partial charge in [0.15, 0.2) is 16.4 Å². The number of thiazole rings is 1. The van der Waals surface area contributed by atoms with Gasteiger partial charge in [0, 0.05) is 56.2 Å². The molecule has 0 saturated carbocycles. The zero-order valence-electron chi connectivity index (χ0n) is 19.5. The fourth-order valence-electron chi connectivity index (χ4n) is 3.92. The van der Waals surface area contributed by atoms with E-state index in [0.717, 1.165) is 22.5 Å². The number of hydrogen-bond donors (Lipinski definition) is 0. The smallest absolute Gasteiger partial charge is 0.261 e. The summed E-state index contributed by atoms with van der Waals surface area (Å²) >= 11 is 1.47. The lowest BCUT2D eigenvalue weighted by atomic mass is 10.1. The molecule has 9 nitrogen and oxygen atoms in total. The van der Waals surface area contributed by atoms with Gasteiger partial charge in [0.2, 0.25) is 5.91 Å². The Balaban J connectivity index is 1.55. The minimum Gasteiger partial charge on any atom is -0.484 e. The maximum atomic E-state index is 13.3. The van der Waals surface area contributed by atoms with Gasteiger partial charge >= 0.3 is 0 Å². The van der Waals surface area contributed by atoms with Gasteiger partial charge in [-0.15, -0.1) is 11.3 Å². The first-order valence-electron chi connectivity index (χ1n) is 11.1. The van der Waals surface area contributed by atoms with Crippen molar-refractivity contribution in [3.05, 3.63) is 59.2 Å². The molecule has 1 saturated heterocycles. The number of carbonyl (C=O) groups is 2. The average molecular weight is 515 g/mol. The Hall–Kier alpha value is -3.31. The Kier molecular flexibility index (Phi) is 7.46. The molecule has 184 valence electrons. The molecule has 2 aromatic heterocycles. The largest absolute Gasteiger partial charge is 0.484 e. The highest BCUT2D eigenvalue weighted by Crippen LogP contribution is 2.32. The molecule has 11 heteroatoms. The fourth-order valence-corrected chi connectivity index (χ4v) is 5.55. The summed E-state index contributed by atoms with van der Waals surface area (Å²) in [5, 5.41) is 2.74. The van der Waals surface area contributed by atoms with Crippen LogP contribution in [0.4, 0.5) is 0 Å². The van der Waals surface area contributed by atoms with Gasteiger partial charge in [0.1, 0.15) is 10.8 Å². The van der Waals surface area contributed by atoms with Crippen molar-refractivity contribution in [2.24, 2.45) is 0 Å². The first kappa shape index (κ1) is 24.8. The molecular weight excluding hydrogens is 488 g/mol. The number of ether oxygens (including phenoxy) is 1. The lowest BCUT2D eigenvalue weighted by molar-refractivity contribution is -0.136. The zero-order chi connectivity index (χ0) is 25.0. The molecule has 1 unspecified atom stereocenters. The van der Waals surface area contributed by atoms with Crippen molar-refractivity contribution >= 4 is 33.0 Å². The molecule has 2 amide bonds. The number of aromatic nitrogens is 2. The molecule has 4 rings (SSSR count). The highest BCUT2D eigenvalue weighted by atomic mass is 32.2. The van der Waals surface area contributed by atoms with Crippen molar-refractivity contribution in [3.8, 4) is 17.0 Å². The number of nitrogens with zero attached hydrogens (tertiary/aromatic N) is 4. The Morgan fingerprint density at radius 1 is 1.14 bits per heavy atom. The van der Waals surface area contributed by atoms with Crippen LogP contribution in [0, 0.1) is 0 Å². The van der Waals surface area contributed by atoms with E-state index in [0.29, 0.717) is 31.8 Å². The summed E-state index contributed by atoms with van der Waals surface area (Å²) in [5.74, 6) is 0.00144. The molecule has 1 aromatic carbocycles. The molecule has 1 atom stereocenters. The molecule has 0 N–H and O–H groups in total. The van der Waals surface area contributed by atoms with E-state index in [4.69, 9.17) is 9.72 Å². The van der Waals surface area contributed by atoms with Gasteiger partial charge in [-0.3, -0.25) is 14.6 Å². The molecule has 0 radical (unpaired) electrons. The van der Waals surface area contributed by atoms with Crippen molar-refractivity contribution in [2.75, 3.05) is 32.5 Å². The summed E-state index contributed by atoms with van der Waals surface area (Å²) in [7, 11) is -3.39. The standard InChI is InChI=1S/C24H26N4O5S2/c1-17(29)27-11-8-22(24-26-21(16-34-24)18-6-9-25-10-7-18)28(13-12-27)23(30)15-33-19-4-3-5-20(14-19)35(2,31)32/h3-7,9-10,14,16,22H,8,11-13,15H2,1-2H3. The third kappa shape index (κ3) is 6.04. The van der Waals surface area contributed by atoms with Gasteiger partial charge in [-0.1, -0.05) is 6.07 Å². The van der Waals surface area contributed by atoms with Crippen LogP contribution in [0.2, 0.25) is 0 Å². The number of amides is 2. The van der Waals surface area contributed by atoms with E-state index in [-0.39, 0.29) is 29.4 Å². The van der Waals surface area contributed by atoms with Crippen LogP contribution in [0.15, 0.2) is 59.1 Å². The summed E-state index contributed by atoms with van der Waals surface area (Å²) < 4.78 is 29.3. The Morgan fingerprint density at radius 3 is 2.63 bits per heavy atom. The molecular formula is C24H26N4O5S2. The van der Waals surface area contributed by atoms with E-state index in [9.17, 15) is 18.0 Å². The second-order valence-electron chi connectivity index (χ2n) is 8.24. The maximum Gasteiger partial charge on any atom is 0.261 e. The SMILES string of the molecule is CC(=O)N1CCC(c2nc(-c3ccncc3)cs2)N(C(=O)COc2cccc(S(C)(=O)=O)c2)CC1. The molecule has 0 bridgehead atoms. The van der Waals surface area contributed by atoms with Gasteiger partial charge in [-0.25, -0.2) is 13.4 Å². The van der Waals surface area contributed by atoms with E-state index in [1.807, 2.05) is 17.5 Å². The first-order chi connectivity index (χ1) is 16.7. The second-order valence-corrected chi connectivity index (χ2v) is 11.1. The summed E-state index contributed by atoms with van der Waals surface area (Å²) in [4.78, 5) is 37.7. The van der Waals surface area contributed by atoms with Crippen molar-refractivity contribution < 1.29 is 22.7 Å². The first-order valence-corrected chi connectivity index (χ1v) is 13.8. The van der Waals surface area contributed by atoms with E-state index in [1.54, 1.807) is 34.3 Å². The van der Waals surface area contributed by atoms with Crippen molar-refractivity contribution in [1.29, 1.82) is 0 Å². The fraction of sp³-hybridized carbons (Fsp3) is 0.333. The normalized spacial score (nSPS) is 16.6. The Bertz CT molecular complexity index is 1310. The summed E-state index contributed by atoms with van der Waals surface area (Å²) in [6, 6.07) is 9.52. The molecule has 35 heavy (non-hydrogen) atoms. The van der Waals surface area contributed by atoms with Crippen LogP contribution >= 0.6 is 11.3 Å². The Labute approximate surface area is 208 Å². The number of hydrogen-bond acceptors (Lipinski definition) is 8. The van der Waals surface area contributed by atoms with E-state index in [2.05, 4.69) is 4.98 Å². The lowest BCUT2D eigenvalue weighted by Gasteiger charge is -2.28. The summed E-state index contributed by atoms with van der Waals surface area (Å²) in [6.07, 6.45) is 5.08. The predicted molar refractivity (Wildman–Crippen MR) is 132 cm³/mol. The minimum atomic E-state index is -3.39. The van der Waals surface area contributed by atoms with Crippen LogP contribution in [-0.4, -0.2) is 72.5 Å². The van der Waals surface area contributed by atoms with Crippen LogP contribution in [0.25, 0.3) is 11.3 Å². The van der Waals surface area contributed by atoms with Crippen LogP contribution in [0.1, 0.15) is 24.4 Å². The lowest BCUT2D eigenvalue weighted by Crippen LogP contribution is -2.40. The number of benzene rings is 1. The van der Waals surface area contributed by atoms with Crippen LogP contribution in [0.5, 0.6) is 5.75 Å². The molecule has 1 aliphatic rings.